The number of benzene rings is 2. The number of aromatic nitrogens is 2. The fraction of sp³-hybridized carbons (Fsp3) is 0.385. The summed E-state index contributed by atoms with van der Waals surface area (Å²) in [6, 6.07) is 16.6. The van der Waals surface area contributed by atoms with Gasteiger partial charge in [0.25, 0.3) is 0 Å². The third-order valence-electron chi connectivity index (χ3n) is 6.91. The Hall–Kier alpha value is -2.50. The molecule has 6 heteroatoms. The molecule has 4 nitrogen and oxygen atoms in total. The van der Waals surface area contributed by atoms with Gasteiger partial charge < -0.3 is 4.74 Å². The highest BCUT2D eigenvalue weighted by atomic mass is 35.5. The van der Waals surface area contributed by atoms with Crippen LogP contribution in [-0.2, 0) is 13.0 Å². The van der Waals surface area contributed by atoms with E-state index in [0.717, 1.165) is 36.2 Å². The van der Waals surface area contributed by atoms with Gasteiger partial charge in [-0.25, -0.2) is 4.39 Å². The zero-order valence-electron chi connectivity index (χ0n) is 18.2. The Morgan fingerprint density at radius 3 is 2.41 bits per heavy atom. The lowest BCUT2D eigenvalue weighted by molar-refractivity contribution is 0.289. The van der Waals surface area contributed by atoms with Crippen LogP contribution in [0.15, 0.2) is 54.6 Å². The minimum absolute atomic E-state index is 0.325. The van der Waals surface area contributed by atoms with Crippen molar-refractivity contribution in [2.24, 2.45) is 17.8 Å². The summed E-state index contributed by atoms with van der Waals surface area (Å²) in [5.41, 5.74) is 3.53. The Labute approximate surface area is 193 Å². The molecule has 0 amide bonds. The van der Waals surface area contributed by atoms with Crippen LogP contribution in [0.3, 0.4) is 0 Å². The summed E-state index contributed by atoms with van der Waals surface area (Å²) in [5, 5.41) is 9.22. The molecular formula is C26H27ClFN3O. The summed E-state index contributed by atoms with van der Waals surface area (Å²) < 4.78 is 18.8. The molecule has 3 atom stereocenters. The lowest BCUT2D eigenvalue weighted by Gasteiger charge is -2.19. The molecule has 1 aliphatic heterocycles. The van der Waals surface area contributed by atoms with Crippen LogP contribution < -0.4 is 4.74 Å². The Bertz CT molecular complexity index is 1060. The molecule has 166 valence electrons. The van der Waals surface area contributed by atoms with E-state index in [0.29, 0.717) is 22.2 Å². The van der Waals surface area contributed by atoms with Gasteiger partial charge in [0.15, 0.2) is 0 Å². The van der Waals surface area contributed by atoms with E-state index in [-0.39, 0.29) is 5.82 Å². The first-order chi connectivity index (χ1) is 15.6. The predicted octanol–water partition coefficient (Wildman–Crippen LogP) is 5.65. The number of hydrogen-bond acceptors (Lipinski definition) is 4. The van der Waals surface area contributed by atoms with Gasteiger partial charge in [-0.15, -0.1) is 0 Å². The Balaban J connectivity index is 1.15. The molecule has 0 spiro atoms. The van der Waals surface area contributed by atoms with Gasteiger partial charge in [-0.2, -0.15) is 10.2 Å². The Kier molecular flexibility index (Phi) is 6.11. The molecule has 2 fully saturated rings. The molecule has 1 aromatic heterocycles. The average molecular weight is 452 g/mol. The largest absolute Gasteiger partial charge is 0.497 e. The van der Waals surface area contributed by atoms with Gasteiger partial charge in [0, 0.05) is 25.2 Å². The second-order valence-electron chi connectivity index (χ2n) is 9.14. The molecule has 32 heavy (non-hydrogen) atoms. The number of fused-ring (bicyclic) bond motifs is 1. The molecule has 1 aliphatic carbocycles. The van der Waals surface area contributed by atoms with Crippen LogP contribution in [0.25, 0.3) is 11.3 Å². The number of hydrogen-bond donors (Lipinski definition) is 0. The lowest BCUT2D eigenvalue weighted by Crippen LogP contribution is -2.22. The zero-order valence-corrected chi connectivity index (χ0v) is 18.9. The molecule has 2 aliphatic rings. The van der Waals surface area contributed by atoms with Crippen LogP contribution in [0.2, 0.25) is 5.02 Å². The van der Waals surface area contributed by atoms with Gasteiger partial charge in [-0.1, -0.05) is 23.7 Å². The van der Waals surface area contributed by atoms with E-state index in [4.69, 9.17) is 16.3 Å². The third-order valence-corrected chi connectivity index (χ3v) is 7.24. The van der Waals surface area contributed by atoms with E-state index in [1.54, 1.807) is 13.2 Å². The van der Waals surface area contributed by atoms with Crippen LogP contribution in [0, 0.1) is 23.6 Å². The van der Waals surface area contributed by atoms with Crippen LogP contribution in [0.4, 0.5) is 4.39 Å². The molecule has 3 aromatic rings. The molecule has 1 unspecified atom stereocenters. The van der Waals surface area contributed by atoms with Crippen LogP contribution in [-0.4, -0.2) is 35.3 Å². The first-order valence-electron chi connectivity index (χ1n) is 11.2. The van der Waals surface area contributed by atoms with Crippen molar-refractivity contribution >= 4 is 11.6 Å². The molecule has 0 bridgehead atoms. The Morgan fingerprint density at radius 2 is 1.75 bits per heavy atom. The molecule has 1 saturated carbocycles. The molecule has 2 heterocycles. The summed E-state index contributed by atoms with van der Waals surface area (Å²) in [5.74, 6) is 2.79. The molecule has 5 rings (SSSR count). The summed E-state index contributed by atoms with van der Waals surface area (Å²) in [6.07, 6.45) is 3.46. The molecule has 0 N–H and O–H groups in total. The van der Waals surface area contributed by atoms with E-state index in [1.165, 1.54) is 43.6 Å². The number of likely N-dealkylation sites (tertiary alicyclic amines) is 1. The maximum Gasteiger partial charge on any atom is 0.123 e. The van der Waals surface area contributed by atoms with E-state index < -0.39 is 0 Å². The predicted molar refractivity (Wildman–Crippen MR) is 124 cm³/mol. The third kappa shape index (κ3) is 4.64. The van der Waals surface area contributed by atoms with Gasteiger partial charge in [0.05, 0.1) is 23.5 Å². The number of rotatable bonds is 6. The number of nitrogens with zero attached hydrogens (tertiary/aromatic N) is 3. The molecule has 0 radical (unpaired) electrons. The number of methoxy groups -OCH3 is 1. The second kappa shape index (κ2) is 9.16. The molecular weight excluding hydrogens is 425 g/mol. The maximum atomic E-state index is 13.6. The quantitative estimate of drug-likeness (QED) is 0.485. The van der Waals surface area contributed by atoms with Gasteiger partial charge in [-0.05, 0) is 85.0 Å². The van der Waals surface area contributed by atoms with Crippen LogP contribution >= 0.6 is 11.6 Å². The molecule has 2 aromatic carbocycles. The average Bonchev–Trinajstić information content (AvgIpc) is 3.34. The highest BCUT2D eigenvalue weighted by molar-refractivity contribution is 6.33. The fourth-order valence-electron chi connectivity index (χ4n) is 5.41. The first kappa shape index (κ1) is 21.4. The normalized spacial score (nSPS) is 22.8. The topological polar surface area (TPSA) is 38.2 Å². The van der Waals surface area contributed by atoms with Crippen molar-refractivity contribution < 1.29 is 9.13 Å². The van der Waals surface area contributed by atoms with Crippen molar-refractivity contribution in [2.75, 3.05) is 20.2 Å². The van der Waals surface area contributed by atoms with Crippen molar-refractivity contribution in [3.63, 3.8) is 0 Å². The van der Waals surface area contributed by atoms with Crippen LogP contribution in [0.1, 0.15) is 24.1 Å². The van der Waals surface area contributed by atoms with Crippen molar-refractivity contribution in [1.82, 2.24) is 15.1 Å². The van der Waals surface area contributed by atoms with Crippen molar-refractivity contribution in [2.45, 2.75) is 25.8 Å². The molecule has 1 saturated heterocycles. The Morgan fingerprint density at radius 1 is 1.00 bits per heavy atom. The summed E-state index contributed by atoms with van der Waals surface area (Å²) in [7, 11) is 1.70. The highest BCUT2D eigenvalue weighted by Gasteiger charge is 2.40. The SMILES string of the molecule is COc1ccc(CN2C[C@H]3CC(Cc4ccc(-c5cc(F)ccc5Cl)nn4)C[C@H]3C2)cc1. The minimum Gasteiger partial charge on any atom is -0.497 e. The van der Waals surface area contributed by atoms with Crippen LogP contribution in [0.5, 0.6) is 5.75 Å². The van der Waals surface area contributed by atoms with Crippen molar-refractivity contribution in [3.05, 3.63) is 76.7 Å². The monoisotopic (exact) mass is 451 g/mol. The van der Waals surface area contributed by atoms with E-state index in [9.17, 15) is 4.39 Å². The van der Waals surface area contributed by atoms with E-state index in [1.807, 2.05) is 24.3 Å². The van der Waals surface area contributed by atoms with E-state index >= 15 is 0 Å². The number of halogens is 2. The summed E-state index contributed by atoms with van der Waals surface area (Å²) >= 11 is 6.19. The van der Waals surface area contributed by atoms with Gasteiger partial charge in [0.1, 0.15) is 11.6 Å². The summed E-state index contributed by atoms with van der Waals surface area (Å²) in [4.78, 5) is 2.59. The maximum absolute atomic E-state index is 13.6. The summed E-state index contributed by atoms with van der Waals surface area (Å²) in [6.45, 7) is 3.36. The van der Waals surface area contributed by atoms with E-state index in [2.05, 4.69) is 27.2 Å². The lowest BCUT2D eigenvalue weighted by atomic mass is 9.99. The number of ether oxygens (including phenoxy) is 1. The minimum atomic E-state index is -0.325. The van der Waals surface area contributed by atoms with Crippen molar-refractivity contribution in [1.29, 1.82) is 0 Å². The standard InChI is InChI=1S/C26H27ClFN3O/c1-32-23-6-2-17(3-7-23)14-31-15-19-10-18(11-20(19)16-31)12-22-5-9-26(30-29-22)24-13-21(28)4-8-25(24)27/h2-9,13,18-20H,10-12,14-16H2,1H3/t18?,19-,20+. The fourth-order valence-corrected chi connectivity index (χ4v) is 5.62. The van der Waals surface area contributed by atoms with Gasteiger partial charge in [-0.3, -0.25) is 4.90 Å². The zero-order chi connectivity index (χ0) is 22.1. The van der Waals surface area contributed by atoms with Gasteiger partial charge in [0.2, 0.25) is 0 Å². The first-order valence-corrected chi connectivity index (χ1v) is 11.6. The van der Waals surface area contributed by atoms with Gasteiger partial charge >= 0.3 is 0 Å². The smallest absolute Gasteiger partial charge is 0.123 e. The van der Waals surface area contributed by atoms with Crippen molar-refractivity contribution in [3.8, 4) is 17.0 Å². The second-order valence-corrected chi connectivity index (χ2v) is 9.55. The highest BCUT2D eigenvalue weighted by Crippen LogP contribution is 2.43.